The van der Waals surface area contributed by atoms with E-state index in [1.807, 2.05) is 0 Å². The number of nitrogens with zero attached hydrogens (tertiary/aromatic N) is 2. The molecule has 2 aromatic rings. The number of anilines is 1. The molecule has 1 aromatic heterocycles. The average Bonchev–Trinajstić information content (AvgIpc) is 2.96. The molecule has 0 fully saturated rings. The molecule has 1 aromatic carbocycles. The van der Waals surface area contributed by atoms with Crippen molar-refractivity contribution in [1.82, 2.24) is 9.78 Å². The Morgan fingerprint density at radius 3 is 2.75 bits per heavy atom. The van der Waals surface area contributed by atoms with E-state index >= 15 is 0 Å². The van der Waals surface area contributed by atoms with Crippen molar-refractivity contribution in [2.75, 3.05) is 5.32 Å². The number of rotatable bonds is 7. The van der Waals surface area contributed by atoms with Crippen LogP contribution in [0.4, 0.5) is 14.5 Å². The Labute approximate surface area is 139 Å². The largest absolute Gasteiger partial charge is 0.481 e. The van der Waals surface area contributed by atoms with Crippen molar-refractivity contribution in [2.45, 2.75) is 19.6 Å². The summed E-state index contributed by atoms with van der Waals surface area (Å²) in [6, 6.07) is 5.23. The maximum absolute atomic E-state index is 12.2. The number of aromatic nitrogens is 2. The molecule has 24 heavy (non-hydrogen) atoms. The van der Waals surface area contributed by atoms with Crippen molar-refractivity contribution in [1.29, 1.82) is 0 Å². The first-order chi connectivity index (χ1) is 11.4. The Morgan fingerprint density at radius 2 is 2.12 bits per heavy atom. The average molecular weight is 360 g/mol. The molecule has 1 amide bonds. The number of carboxylic acid groups (broad SMARTS) is 1. The second-order valence-electron chi connectivity index (χ2n) is 4.56. The monoisotopic (exact) mass is 359 g/mol. The summed E-state index contributed by atoms with van der Waals surface area (Å²) in [7, 11) is 0. The molecule has 0 spiro atoms. The van der Waals surface area contributed by atoms with Crippen molar-refractivity contribution in [3.8, 4) is 5.75 Å². The number of carboxylic acids is 1. The van der Waals surface area contributed by atoms with Crippen LogP contribution >= 0.6 is 11.6 Å². The minimum Gasteiger partial charge on any atom is -0.481 e. The minimum absolute atomic E-state index is 0.0347. The third-order valence-electron chi connectivity index (χ3n) is 2.89. The van der Waals surface area contributed by atoms with Crippen molar-refractivity contribution in [3.63, 3.8) is 0 Å². The highest BCUT2D eigenvalue weighted by Gasteiger charge is 2.15. The van der Waals surface area contributed by atoms with Gasteiger partial charge in [-0.1, -0.05) is 11.6 Å². The fraction of sp³-hybridized carbons (Fsp3) is 0.214. The fourth-order valence-electron chi connectivity index (χ4n) is 1.87. The Kier molecular flexibility index (Phi) is 5.69. The van der Waals surface area contributed by atoms with Crippen LogP contribution in [0.15, 0.2) is 30.5 Å². The molecule has 0 atom stereocenters. The van der Waals surface area contributed by atoms with Gasteiger partial charge in [0.05, 0.1) is 18.0 Å². The van der Waals surface area contributed by atoms with Crippen LogP contribution in [0.5, 0.6) is 5.75 Å². The lowest BCUT2D eigenvalue weighted by atomic mass is 10.3. The number of amides is 1. The standard InChI is InChI=1S/C14H12ClF2N3O4/c15-9-7-8(1-2-11(9)24-14(16)17)19-13(23)10-3-5-18-20(10)6-4-12(21)22/h1-3,5,7,14H,4,6H2,(H,19,23)(H,21,22). The van der Waals surface area contributed by atoms with Crippen molar-refractivity contribution in [2.24, 2.45) is 0 Å². The van der Waals surface area contributed by atoms with E-state index in [0.717, 1.165) is 0 Å². The van der Waals surface area contributed by atoms with Gasteiger partial charge < -0.3 is 15.2 Å². The second-order valence-corrected chi connectivity index (χ2v) is 4.97. The molecule has 0 aliphatic heterocycles. The lowest BCUT2D eigenvalue weighted by Gasteiger charge is -2.10. The molecule has 7 nitrogen and oxygen atoms in total. The number of alkyl halides is 2. The van der Waals surface area contributed by atoms with Crippen LogP contribution in [0.25, 0.3) is 0 Å². The SMILES string of the molecule is O=C(O)CCn1nccc1C(=O)Nc1ccc(OC(F)F)c(Cl)c1. The van der Waals surface area contributed by atoms with Crippen LogP contribution in [0.3, 0.4) is 0 Å². The summed E-state index contributed by atoms with van der Waals surface area (Å²) in [6.45, 7) is -2.97. The first-order valence-electron chi connectivity index (χ1n) is 6.66. The molecule has 0 saturated carbocycles. The molecule has 0 aliphatic rings. The van der Waals surface area contributed by atoms with Crippen LogP contribution in [-0.2, 0) is 11.3 Å². The molecule has 0 unspecified atom stereocenters. The highest BCUT2D eigenvalue weighted by molar-refractivity contribution is 6.32. The Hall–Kier alpha value is -2.68. The highest BCUT2D eigenvalue weighted by Crippen LogP contribution is 2.29. The molecule has 0 saturated heterocycles. The van der Waals surface area contributed by atoms with E-state index in [4.69, 9.17) is 16.7 Å². The number of ether oxygens (including phenoxy) is 1. The predicted molar refractivity (Wildman–Crippen MR) is 80.5 cm³/mol. The Bertz CT molecular complexity index is 751. The number of carbonyl (C=O) groups excluding carboxylic acids is 1. The van der Waals surface area contributed by atoms with Gasteiger partial charge in [0, 0.05) is 11.9 Å². The molecular formula is C14H12ClF2N3O4. The smallest absolute Gasteiger partial charge is 0.387 e. The van der Waals surface area contributed by atoms with Crippen LogP contribution in [0, 0.1) is 0 Å². The highest BCUT2D eigenvalue weighted by atomic mass is 35.5. The molecule has 2 rings (SSSR count). The molecule has 0 radical (unpaired) electrons. The lowest BCUT2D eigenvalue weighted by Crippen LogP contribution is -2.19. The zero-order valence-corrected chi connectivity index (χ0v) is 12.8. The summed E-state index contributed by atoms with van der Waals surface area (Å²) < 4.78 is 29.8. The van der Waals surface area contributed by atoms with Gasteiger partial charge in [0.1, 0.15) is 11.4 Å². The number of halogens is 3. The van der Waals surface area contributed by atoms with Gasteiger partial charge in [-0.05, 0) is 24.3 Å². The van der Waals surface area contributed by atoms with Crippen molar-refractivity contribution >= 4 is 29.2 Å². The number of aryl methyl sites for hydroxylation is 1. The number of hydrogen-bond acceptors (Lipinski definition) is 4. The second kappa shape index (κ2) is 7.73. The van der Waals surface area contributed by atoms with Gasteiger partial charge in [-0.3, -0.25) is 14.3 Å². The van der Waals surface area contributed by atoms with Gasteiger partial charge in [-0.15, -0.1) is 0 Å². The van der Waals surface area contributed by atoms with Crippen molar-refractivity contribution < 1.29 is 28.2 Å². The molecule has 10 heteroatoms. The summed E-state index contributed by atoms with van der Waals surface area (Å²) in [5, 5.41) is 15.0. The van der Waals surface area contributed by atoms with Gasteiger partial charge in [0.15, 0.2) is 0 Å². The molecule has 128 valence electrons. The number of benzene rings is 1. The number of carbonyl (C=O) groups is 2. The van der Waals surface area contributed by atoms with E-state index in [0.29, 0.717) is 0 Å². The van der Waals surface area contributed by atoms with Gasteiger partial charge in [0.2, 0.25) is 0 Å². The first-order valence-corrected chi connectivity index (χ1v) is 7.04. The number of nitrogens with one attached hydrogen (secondary N) is 1. The quantitative estimate of drug-likeness (QED) is 0.792. The number of aliphatic carboxylic acids is 1. The van der Waals surface area contributed by atoms with Gasteiger partial charge >= 0.3 is 12.6 Å². The molecule has 0 bridgehead atoms. The van der Waals surface area contributed by atoms with Crippen LogP contribution in [-0.4, -0.2) is 33.4 Å². The van der Waals surface area contributed by atoms with E-state index in [1.165, 1.54) is 35.1 Å². The van der Waals surface area contributed by atoms with Gasteiger partial charge in [0.25, 0.3) is 5.91 Å². The number of hydrogen-bond donors (Lipinski definition) is 2. The molecule has 0 aliphatic carbocycles. The van der Waals surface area contributed by atoms with E-state index in [9.17, 15) is 18.4 Å². The molecular weight excluding hydrogens is 348 g/mol. The minimum atomic E-state index is -3.01. The van der Waals surface area contributed by atoms with Crippen LogP contribution in [0.2, 0.25) is 5.02 Å². The molecule has 1 heterocycles. The fourth-order valence-corrected chi connectivity index (χ4v) is 2.10. The van der Waals surface area contributed by atoms with Crippen LogP contribution < -0.4 is 10.1 Å². The van der Waals surface area contributed by atoms with E-state index in [1.54, 1.807) is 0 Å². The third-order valence-corrected chi connectivity index (χ3v) is 3.19. The summed E-state index contributed by atoms with van der Waals surface area (Å²) in [6.07, 6.45) is 1.18. The predicted octanol–water partition coefficient (Wildman–Crippen LogP) is 2.86. The maximum atomic E-state index is 12.2. The van der Waals surface area contributed by atoms with Gasteiger partial charge in [-0.25, -0.2) is 0 Å². The van der Waals surface area contributed by atoms with Gasteiger partial charge in [-0.2, -0.15) is 13.9 Å². The zero-order valence-electron chi connectivity index (χ0n) is 12.1. The summed E-state index contributed by atoms with van der Waals surface area (Å²) in [4.78, 5) is 22.8. The zero-order chi connectivity index (χ0) is 17.7. The van der Waals surface area contributed by atoms with E-state index < -0.39 is 18.5 Å². The Morgan fingerprint density at radius 1 is 1.38 bits per heavy atom. The maximum Gasteiger partial charge on any atom is 0.387 e. The summed E-state index contributed by atoms with van der Waals surface area (Å²) in [5.74, 6) is -1.77. The first kappa shape index (κ1) is 17.7. The Balaban J connectivity index is 2.09. The third kappa shape index (κ3) is 4.66. The van der Waals surface area contributed by atoms with Crippen molar-refractivity contribution in [3.05, 3.63) is 41.2 Å². The lowest BCUT2D eigenvalue weighted by molar-refractivity contribution is -0.137. The van der Waals surface area contributed by atoms with E-state index in [-0.39, 0.29) is 35.1 Å². The van der Waals surface area contributed by atoms with E-state index in [2.05, 4.69) is 15.2 Å². The van der Waals surface area contributed by atoms with Crippen LogP contribution in [0.1, 0.15) is 16.9 Å². The molecule has 2 N–H and O–H groups in total. The normalized spacial score (nSPS) is 10.7. The topological polar surface area (TPSA) is 93.5 Å². The summed E-state index contributed by atoms with van der Waals surface area (Å²) >= 11 is 5.81. The summed E-state index contributed by atoms with van der Waals surface area (Å²) in [5.41, 5.74) is 0.415.